The number of amides is 2. The van der Waals surface area contributed by atoms with Crippen molar-refractivity contribution < 1.29 is 23.6 Å². The molecule has 0 heterocycles. The van der Waals surface area contributed by atoms with Crippen LogP contribution in [0.15, 0.2) is 36.4 Å². The van der Waals surface area contributed by atoms with E-state index in [1.165, 1.54) is 6.92 Å². The highest BCUT2D eigenvalue weighted by molar-refractivity contribution is 5.96. The maximum atomic E-state index is 13.3. The molecule has 2 amide bonds. The minimum atomic E-state index is -1.17. The van der Waals surface area contributed by atoms with Crippen molar-refractivity contribution in [1.82, 2.24) is 5.32 Å². The van der Waals surface area contributed by atoms with Gasteiger partial charge in [0.15, 0.2) is 6.10 Å². The number of nitrogens with zero attached hydrogens (tertiary/aromatic N) is 1. The van der Waals surface area contributed by atoms with Gasteiger partial charge >= 0.3 is 5.69 Å². The first-order chi connectivity index (χ1) is 13.2. The SMILES string of the molecule is Cc1cccc(C)c1NC(=O)CNC(=O)[C@H](C)Oc1cc(F)ccc1[N+](=O)[O-]. The average molecular weight is 389 g/mol. The molecule has 148 valence electrons. The van der Waals surface area contributed by atoms with Gasteiger partial charge < -0.3 is 15.4 Å². The molecule has 0 bridgehead atoms. The third kappa shape index (κ3) is 5.26. The highest BCUT2D eigenvalue weighted by Gasteiger charge is 2.22. The maximum Gasteiger partial charge on any atom is 0.311 e. The number of aryl methyl sites for hydroxylation is 2. The zero-order valence-corrected chi connectivity index (χ0v) is 15.6. The number of nitro benzene ring substituents is 1. The Morgan fingerprint density at radius 3 is 2.46 bits per heavy atom. The number of nitro groups is 1. The summed E-state index contributed by atoms with van der Waals surface area (Å²) >= 11 is 0. The summed E-state index contributed by atoms with van der Waals surface area (Å²) in [6.07, 6.45) is -1.17. The van der Waals surface area contributed by atoms with Gasteiger partial charge in [0.1, 0.15) is 5.82 Å². The molecule has 8 nitrogen and oxygen atoms in total. The van der Waals surface area contributed by atoms with Gasteiger partial charge in [0.25, 0.3) is 5.91 Å². The van der Waals surface area contributed by atoms with Crippen LogP contribution in [0.5, 0.6) is 5.75 Å². The van der Waals surface area contributed by atoms with Crippen molar-refractivity contribution in [2.24, 2.45) is 0 Å². The number of para-hydroxylation sites is 1. The van der Waals surface area contributed by atoms with Gasteiger partial charge in [0, 0.05) is 17.8 Å². The highest BCUT2D eigenvalue weighted by Crippen LogP contribution is 2.28. The summed E-state index contributed by atoms with van der Waals surface area (Å²) in [7, 11) is 0. The lowest BCUT2D eigenvalue weighted by molar-refractivity contribution is -0.386. The van der Waals surface area contributed by atoms with E-state index in [0.29, 0.717) is 5.69 Å². The van der Waals surface area contributed by atoms with Crippen molar-refractivity contribution in [3.05, 3.63) is 63.5 Å². The molecule has 2 N–H and O–H groups in total. The molecule has 0 aliphatic carbocycles. The van der Waals surface area contributed by atoms with Crippen molar-refractivity contribution in [3.63, 3.8) is 0 Å². The number of anilines is 1. The first-order valence-electron chi connectivity index (χ1n) is 8.43. The first kappa shape index (κ1) is 20.8. The minimum absolute atomic E-state index is 0.314. The predicted molar refractivity (Wildman–Crippen MR) is 101 cm³/mol. The number of benzene rings is 2. The molecule has 0 aromatic heterocycles. The Morgan fingerprint density at radius 2 is 1.86 bits per heavy atom. The van der Waals surface area contributed by atoms with Crippen LogP contribution in [0.25, 0.3) is 0 Å². The minimum Gasteiger partial charge on any atom is -0.474 e. The van der Waals surface area contributed by atoms with Gasteiger partial charge in [0.05, 0.1) is 11.5 Å². The topological polar surface area (TPSA) is 111 Å². The average Bonchev–Trinajstić information content (AvgIpc) is 2.62. The summed E-state index contributed by atoms with van der Waals surface area (Å²) in [6, 6.07) is 8.27. The van der Waals surface area contributed by atoms with Crippen LogP contribution in [-0.2, 0) is 9.59 Å². The third-order valence-electron chi connectivity index (χ3n) is 3.96. The lowest BCUT2D eigenvalue weighted by Gasteiger charge is -2.15. The lowest BCUT2D eigenvalue weighted by Crippen LogP contribution is -2.40. The number of rotatable bonds is 7. The first-order valence-corrected chi connectivity index (χ1v) is 8.43. The fourth-order valence-corrected chi connectivity index (χ4v) is 2.48. The Morgan fingerprint density at radius 1 is 1.21 bits per heavy atom. The Balaban J connectivity index is 1.95. The zero-order valence-electron chi connectivity index (χ0n) is 15.6. The smallest absolute Gasteiger partial charge is 0.311 e. The number of hydrogen-bond donors (Lipinski definition) is 2. The van der Waals surface area contributed by atoms with Crippen LogP contribution in [0.3, 0.4) is 0 Å². The summed E-state index contributed by atoms with van der Waals surface area (Å²) in [5.74, 6) is -2.21. The molecular weight excluding hydrogens is 369 g/mol. The van der Waals surface area contributed by atoms with Gasteiger partial charge in [-0.25, -0.2) is 4.39 Å². The molecule has 0 fully saturated rings. The van der Waals surface area contributed by atoms with Gasteiger partial charge in [-0.15, -0.1) is 0 Å². The zero-order chi connectivity index (χ0) is 20.8. The number of hydrogen-bond acceptors (Lipinski definition) is 5. The van der Waals surface area contributed by atoms with Crippen LogP contribution in [0, 0.1) is 29.8 Å². The number of halogens is 1. The summed E-state index contributed by atoms with van der Waals surface area (Å²) in [5, 5.41) is 16.1. The molecule has 0 saturated carbocycles. The van der Waals surface area contributed by atoms with Crippen molar-refractivity contribution in [2.75, 3.05) is 11.9 Å². The van der Waals surface area contributed by atoms with Crippen LogP contribution >= 0.6 is 0 Å². The van der Waals surface area contributed by atoms with Crippen molar-refractivity contribution >= 4 is 23.2 Å². The second kappa shape index (κ2) is 8.94. The van der Waals surface area contributed by atoms with Crippen LogP contribution in [0.1, 0.15) is 18.1 Å². The van der Waals surface area contributed by atoms with E-state index >= 15 is 0 Å². The summed E-state index contributed by atoms with van der Waals surface area (Å²) in [5.41, 5.74) is 1.97. The largest absolute Gasteiger partial charge is 0.474 e. The molecule has 9 heteroatoms. The second-order valence-corrected chi connectivity index (χ2v) is 6.16. The van der Waals surface area contributed by atoms with Crippen LogP contribution in [0.2, 0.25) is 0 Å². The molecule has 28 heavy (non-hydrogen) atoms. The van der Waals surface area contributed by atoms with Gasteiger partial charge in [-0.3, -0.25) is 19.7 Å². The summed E-state index contributed by atoms with van der Waals surface area (Å²) in [4.78, 5) is 34.4. The van der Waals surface area contributed by atoms with Gasteiger partial charge in [-0.1, -0.05) is 18.2 Å². The summed E-state index contributed by atoms with van der Waals surface area (Å²) in [6.45, 7) is 4.73. The molecular formula is C19H20FN3O5. The van der Waals surface area contributed by atoms with E-state index in [4.69, 9.17) is 4.74 Å². The van der Waals surface area contributed by atoms with E-state index in [1.54, 1.807) is 0 Å². The molecule has 0 spiro atoms. The Hall–Kier alpha value is -3.49. The molecule has 0 aliphatic rings. The fourth-order valence-electron chi connectivity index (χ4n) is 2.48. The quantitative estimate of drug-likeness (QED) is 0.559. The third-order valence-corrected chi connectivity index (χ3v) is 3.96. The lowest BCUT2D eigenvalue weighted by atomic mass is 10.1. The van der Waals surface area contributed by atoms with E-state index in [0.717, 1.165) is 29.3 Å². The van der Waals surface area contributed by atoms with Crippen molar-refractivity contribution in [3.8, 4) is 5.75 Å². The Labute approximate surface area is 160 Å². The van der Waals surface area contributed by atoms with Crippen molar-refractivity contribution in [2.45, 2.75) is 26.9 Å². The van der Waals surface area contributed by atoms with E-state index in [2.05, 4.69) is 10.6 Å². The van der Waals surface area contributed by atoms with Crippen molar-refractivity contribution in [1.29, 1.82) is 0 Å². The van der Waals surface area contributed by atoms with Crippen LogP contribution < -0.4 is 15.4 Å². The maximum absolute atomic E-state index is 13.3. The van der Waals surface area contributed by atoms with Crippen LogP contribution in [0.4, 0.5) is 15.8 Å². The highest BCUT2D eigenvalue weighted by atomic mass is 19.1. The Bertz CT molecular complexity index is 896. The molecule has 2 aromatic carbocycles. The number of carbonyl (C=O) groups is 2. The van der Waals surface area contributed by atoms with Gasteiger partial charge in [-0.2, -0.15) is 0 Å². The number of nitrogens with one attached hydrogen (secondary N) is 2. The second-order valence-electron chi connectivity index (χ2n) is 6.16. The van der Waals surface area contributed by atoms with E-state index in [1.807, 2.05) is 32.0 Å². The molecule has 0 aliphatic heterocycles. The monoisotopic (exact) mass is 389 g/mol. The molecule has 2 aromatic rings. The van der Waals surface area contributed by atoms with E-state index in [-0.39, 0.29) is 12.3 Å². The van der Waals surface area contributed by atoms with Gasteiger partial charge in [-0.05, 0) is 38.0 Å². The number of carbonyl (C=O) groups excluding carboxylic acids is 2. The predicted octanol–water partition coefficient (Wildman–Crippen LogP) is 2.87. The molecule has 0 radical (unpaired) electrons. The Kier molecular flexibility index (Phi) is 6.64. The normalized spacial score (nSPS) is 11.4. The molecule has 0 saturated heterocycles. The molecule has 0 unspecified atom stereocenters. The summed E-state index contributed by atoms with van der Waals surface area (Å²) < 4.78 is 18.5. The fraction of sp³-hybridized carbons (Fsp3) is 0.263. The van der Waals surface area contributed by atoms with E-state index < -0.39 is 34.3 Å². The van der Waals surface area contributed by atoms with E-state index in [9.17, 15) is 24.1 Å². The van der Waals surface area contributed by atoms with Crippen LogP contribution in [-0.4, -0.2) is 29.4 Å². The number of ether oxygens (including phenoxy) is 1. The standard InChI is InChI=1S/C19H20FN3O5/c1-11-5-4-6-12(2)18(11)22-17(24)10-21-19(25)13(3)28-16-9-14(20)7-8-15(16)23(26)27/h4-9,13H,10H2,1-3H3,(H,21,25)(H,22,24)/t13-/m0/s1. The molecule has 2 rings (SSSR count). The van der Waals surface area contributed by atoms with Gasteiger partial charge in [0.2, 0.25) is 11.7 Å². The molecule has 1 atom stereocenters.